The second-order valence-corrected chi connectivity index (χ2v) is 3.99. The summed E-state index contributed by atoms with van der Waals surface area (Å²) in [4.78, 5) is 14.4. The van der Waals surface area contributed by atoms with Crippen LogP contribution in [-0.4, -0.2) is 21.7 Å². The zero-order chi connectivity index (χ0) is 11.2. The average molecular weight is 211 g/mol. The zero-order valence-electron chi connectivity index (χ0n) is 8.32. The molecule has 0 saturated heterocycles. The van der Waals surface area contributed by atoms with Crippen LogP contribution in [0.2, 0.25) is 0 Å². The van der Waals surface area contributed by atoms with Crippen molar-refractivity contribution in [3.8, 4) is 5.88 Å². The van der Waals surface area contributed by atoms with E-state index in [0.717, 1.165) is 6.20 Å². The highest BCUT2D eigenvalue weighted by molar-refractivity contribution is 5.87. The first kappa shape index (κ1) is 9.89. The van der Waals surface area contributed by atoms with Crippen LogP contribution in [0.5, 0.6) is 5.88 Å². The summed E-state index contributed by atoms with van der Waals surface area (Å²) in [6.07, 6.45) is -0.186. The fourth-order valence-electron chi connectivity index (χ4n) is 1.53. The topological polar surface area (TPSA) is 59.4 Å². The fourth-order valence-corrected chi connectivity index (χ4v) is 1.53. The van der Waals surface area contributed by atoms with Gasteiger partial charge in [-0.3, -0.25) is 0 Å². The van der Waals surface area contributed by atoms with E-state index < -0.39 is 17.7 Å². The third-order valence-electron chi connectivity index (χ3n) is 2.37. The van der Waals surface area contributed by atoms with Crippen LogP contribution < -0.4 is 4.74 Å². The normalized spacial score (nSPS) is 21.9. The maximum Gasteiger partial charge on any atom is 0.337 e. The number of ether oxygens (including phenoxy) is 1. The van der Waals surface area contributed by atoms with Crippen molar-refractivity contribution in [2.24, 2.45) is 0 Å². The molecule has 2 rings (SSSR count). The summed E-state index contributed by atoms with van der Waals surface area (Å²) in [5.74, 6) is -0.945. The first-order valence-electron chi connectivity index (χ1n) is 4.48. The van der Waals surface area contributed by atoms with Crippen LogP contribution in [0.3, 0.4) is 0 Å². The van der Waals surface area contributed by atoms with Gasteiger partial charge < -0.3 is 9.84 Å². The van der Waals surface area contributed by atoms with Gasteiger partial charge in [-0.1, -0.05) is 0 Å². The third kappa shape index (κ3) is 1.44. The van der Waals surface area contributed by atoms with E-state index in [1.807, 2.05) is 0 Å². The van der Waals surface area contributed by atoms with Crippen molar-refractivity contribution < 1.29 is 19.0 Å². The van der Waals surface area contributed by atoms with Crippen molar-refractivity contribution in [1.29, 1.82) is 0 Å². The van der Waals surface area contributed by atoms with E-state index in [1.165, 1.54) is 6.07 Å². The van der Waals surface area contributed by atoms with E-state index in [1.54, 1.807) is 13.8 Å². The lowest BCUT2D eigenvalue weighted by Gasteiger charge is -2.19. The molecule has 4 nitrogen and oxygen atoms in total. The van der Waals surface area contributed by atoms with Gasteiger partial charge in [0, 0.05) is 6.20 Å². The molecule has 1 aliphatic rings. The molecule has 80 valence electrons. The van der Waals surface area contributed by atoms with Crippen LogP contribution in [0.4, 0.5) is 4.39 Å². The SMILES string of the molecule is CC1(C)Oc2ncc(C(=O)O)cc2C1F. The van der Waals surface area contributed by atoms with Crippen LogP contribution in [0.25, 0.3) is 0 Å². The zero-order valence-corrected chi connectivity index (χ0v) is 8.32. The summed E-state index contributed by atoms with van der Waals surface area (Å²) in [5.41, 5.74) is -0.801. The third-order valence-corrected chi connectivity index (χ3v) is 2.37. The summed E-state index contributed by atoms with van der Waals surface area (Å²) in [5, 5.41) is 8.73. The number of pyridine rings is 1. The van der Waals surface area contributed by atoms with Crippen molar-refractivity contribution in [2.75, 3.05) is 0 Å². The Balaban J connectivity index is 2.49. The number of rotatable bonds is 1. The molecular formula is C10H10FNO3. The number of halogens is 1. The molecule has 1 aromatic heterocycles. The van der Waals surface area contributed by atoms with Crippen LogP contribution in [-0.2, 0) is 0 Å². The standard InChI is InChI=1S/C10H10FNO3/c1-10(2)7(11)6-3-5(9(13)14)4-12-8(6)15-10/h3-4,7H,1-2H3,(H,13,14). The molecule has 2 heterocycles. The Morgan fingerprint density at radius 1 is 1.67 bits per heavy atom. The molecule has 0 radical (unpaired) electrons. The second kappa shape index (κ2) is 2.92. The number of aromatic nitrogens is 1. The molecule has 1 atom stereocenters. The first-order chi connectivity index (χ1) is 6.92. The number of carboxylic acid groups (broad SMARTS) is 1. The summed E-state index contributed by atoms with van der Waals surface area (Å²) in [7, 11) is 0. The Bertz CT molecular complexity index is 431. The highest BCUT2D eigenvalue weighted by atomic mass is 19.1. The summed E-state index contributed by atoms with van der Waals surface area (Å²) in [6.45, 7) is 3.19. The maximum atomic E-state index is 13.8. The van der Waals surface area contributed by atoms with E-state index in [0.29, 0.717) is 0 Å². The number of alkyl halides is 1. The number of carbonyl (C=O) groups is 1. The minimum absolute atomic E-state index is 0.0299. The van der Waals surface area contributed by atoms with Gasteiger partial charge in [0.25, 0.3) is 0 Å². The Hall–Kier alpha value is -1.65. The lowest BCUT2D eigenvalue weighted by Crippen LogP contribution is -2.27. The maximum absolute atomic E-state index is 13.8. The number of carboxylic acids is 1. The number of hydrogen-bond donors (Lipinski definition) is 1. The van der Waals surface area contributed by atoms with Gasteiger partial charge in [0.05, 0.1) is 11.1 Å². The number of aromatic carboxylic acids is 1. The van der Waals surface area contributed by atoms with E-state index in [4.69, 9.17) is 9.84 Å². The second-order valence-electron chi connectivity index (χ2n) is 3.99. The minimum atomic E-state index is -1.35. The van der Waals surface area contributed by atoms with Gasteiger partial charge in [-0.05, 0) is 19.9 Å². The Morgan fingerprint density at radius 3 is 2.93 bits per heavy atom. The van der Waals surface area contributed by atoms with Gasteiger partial charge >= 0.3 is 5.97 Å². The molecule has 0 aliphatic carbocycles. The average Bonchev–Trinajstić information content (AvgIpc) is 2.37. The van der Waals surface area contributed by atoms with Gasteiger partial charge in [0.1, 0.15) is 5.60 Å². The van der Waals surface area contributed by atoms with Crippen molar-refractivity contribution >= 4 is 5.97 Å². The lowest BCUT2D eigenvalue weighted by molar-refractivity contribution is 0.0504. The molecule has 0 saturated carbocycles. The van der Waals surface area contributed by atoms with E-state index in [9.17, 15) is 9.18 Å². The summed E-state index contributed by atoms with van der Waals surface area (Å²) < 4.78 is 19.0. The molecular weight excluding hydrogens is 201 g/mol. The predicted octanol–water partition coefficient (Wildman–Crippen LogP) is 1.96. The molecule has 1 aromatic rings. The molecule has 0 aromatic carbocycles. The van der Waals surface area contributed by atoms with Crippen molar-refractivity contribution in [1.82, 2.24) is 4.98 Å². The predicted molar refractivity (Wildman–Crippen MR) is 49.8 cm³/mol. The molecule has 0 fully saturated rings. The van der Waals surface area contributed by atoms with Crippen LogP contribution in [0, 0.1) is 0 Å². The molecule has 0 bridgehead atoms. The van der Waals surface area contributed by atoms with Gasteiger partial charge in [-0.25, -0.2) is 14.2 Å². The molecule has 5 heteroatoms. The smallest absolute Gasteiger partial charge is 0.337 e. The molecule has 0 spiro atoms. The van der Waals surface area contributed by atoms with Crippen molar-refractivity contribution in [3.63, 3.8) is 0 Å². The van der Waals surface area contributed by atoms with Crippen LogP contribution in [0.15, 0.2) is 12.3 Å². The molecule has 1 unspecified atom stereocenters. The fraction of sp³-hybridized carbons (Fsp3) is 0.400. The van der Waals surface area contributed by atoms with Crippen molar-refractivity contribution in [3.05, 3.63) is 23.4 Å². The lowest BCUT2D eigenvalue weighted by atomic mass is 9.99. The molecule has 1 N–H and O–H groups in total. The summed E-state index contributed by atoms with van der Waals surface area (Å²) in [6, 6.07) is 1.27. The number of hydrogen-bond acceptors (Lipinski definition) is 3. The highest BCUT2D eigenvalue weighted by Crippen LogP contribution is 2.44. The van der Waals surface area contributed by atoms with Crippen LogP contribution >= 0.6 is 0 Å². The van der Waals surface area contributed by atoms with Gasteiger partial charge in [-0.2, -0.15) is 0 Å². The van der Waals surface area contributed by atoms with E-state index in [-0.39, 0.29) is 17.0 Å². The Morgan fingerprint density at radius 2 is 2.33 bits per heavy atom. The van der Waals surface area contributed by atoms with Crippen LogP contribution in [0.1, 0.15) is 35.9 Å². The molecule has 1 aliphatic heterocycles. The molecule has 15 heavy (non-hydrogen) atoms. The Labute approximate surface area is 85.7 Å². The van der Waals surface area contributed by atoms with Crippen molar-refractivity contribution in [2.45, 2.75) is 25.6 Å². The summed E-state index contributed by atoms with van der Waals surface area (Å²) >= 11 is 0. The minimum Gasteiger partial charge on any atom is -0.478 e. The molecule has 0 amide bonds. The Kier molecular flexibility index (Phi) is 1.92. The quantitative estimate of drug-likeness (QED) is 0.771. The largest absolute Gasteiger partial charge is 0.478 e. The van der Waals surface area contributed by atoms with E-state index >= 15 is 0 Å². The van der Waals surface area contributed by atoms with Gasteiger partial charge in [0.2, 0.25) is 5.88 Å². The van der Waals surface area contributed by atoms with Gasteiger partial charge in [-0.15, -0.1) is 0 Å². The first-order valence-corrected chi connectivity index (χ1v) is 4.48. The number of nitrogens with zero attached hydrogens (tertiary/aromatic N) is 1. The number of fused-ring (bicyclic) bond motifs is 1. The van der Waals surface area contributed by atoms with Gasteiger partial charge in [0.15, 0.2) is 6.17 Å². The highest BCUT2D eigenvalue weighted by Gasteiger charge is 2.42. The van der Waals surface area contributed by atoms with E-state index in [2.05, 4.69) is 4.98 Å². The monoisotopic (exact) mass is 211 g/mol.